The second kappa shape index (κ2) is 3.39. The summed E-state index contributed by atoms with van der Waals surface area (Å²) in [5.41, 5.74) is 0.454. The molecule has 76 valence electrons. The maximum atomic E-state index is 11.3. The molecule has 1 fully saturated rings. The number of carbonyl (C=O) groups is 1. The lowest BCUT2D eigenvalue weighted by molar-refractivity contribution is -0.143. The summed E-state index contributed by atoms with van der Waals surface area (Å²) in [4.78, 5) is 12.5. The molecule has 2 rings (SSSR count). The number of hydrogen-bond acceptors (Lipinski definition) is 2. The predicted molar refractivity (Wildman–Crippen MR) is 56.8 cm³/mol. The van der Waals surface area contributed by atoms with Gasteiger partial charge in [-0.25, -0.2) is 0 Å². The molecule has 0 spiro atoms. The van der Waals surface area contributed by atoms with Crippen LogP contribution in [0.2, 0.25) is 0 Å². The quantitative estimate of drug-likeness (QED) is 0.814. The number of carboxylic acid groups (broad SMARTS) is 1. The Balaban J connectivity index is 2.41. The van der Waals surface area contributed by atoms with Crippen molar-refractivity contribution in [3.05, 3.63) is 21.9 Å². The third kappa shape index (κ3) is 1.36. The molecule has 0 unspecified atom stereocenters. The van der Waals surface area contributed by atoms with E-state index in [0.717, 1.165) is 31.2 Å². The molecule has 0 saturated heterocycles. The Morgan fingerprint density at radius 3 is 2.57 bits per heavy atom. The van der Waals surface area contributed by atoms with E-state index in [0.29, 0.717) is 0 Å². The topological polar surface area (TPSA) is 37.3 Å². The number of thiophene rings is 1. The molecule has 1 aliphatic carbocycles. The van der Waals surface area contributed by atoms with Crippen LogP contribution in [-0.4, -0.2) is 11.1 Å². The van der Waals surface area contributed by atoms with Crippen LogP contribution in [0.3, 0.4) is 0 Å². The van der Waals surface area contributed by atoms with E-state index in [1.165, 1.54) is 4.88 Å². The second-order valence-corrected chi connectivity index (χ2v) is 5.16. The number of rotatable bonds is 2. The molecule has 3 heteroatoms. The van der Waals surface area contributed by atoms with Crippen molar-refractivity contribution >= 4 is 17.3 Å². The molecular weight excluding hydrogens is 196 g/mol. The lowest BCUT2D eigenvalue weighted by Crippen LogP contribution is -2.31. The lowest BCUT2D eigenvalue weighted by Gasteiger charge is -2.22. The molecule has 1 heterocycles. The van der Waals surface area contributed by atoms with E-state index in [-0.39, 0.29) is 0 Å². The third-order valence-electron chi connectivity index (χ3n) is 3.15. The Kier molecular flexibility index (Phi) is 2.35. The molecule has 1 saturated carbocycles. The molecule has 0 bridgehead atoms. The Morgan fingerprint density at radius 1 is 1.50 bits per heavy atom. The first kappa shape index (κ1) is 9.71. The van der Waals surface area contributed by atoms with Gasteiger partial charge in [-0.1, -0.05) is 12.8 Å². The van der Waals surface area contributed by atoms with Gasteiger partial charge >= 0.3 is 5.97 Å². The first-order valence-corrected chi connectivity index (χ1v) is 5.82. The highest BCUT2D eigenvalue weighted by Crippen LogP contribution is 2.42. The van der Waals surface area contributed by atoms with Crippen molar-refractivity contribution < 1.29 is 9.90 Å². The van der Waals surface area contributed by atoms with Gasteiger partial charge in [-0.3, -0.25) is 4.79 Å². The van der Waals surface area contributed by atoms with Crippen molar-refractivity contribution in [2.45, 2.75) is 38.0 Å². The monoisotopic (exact) mass is 210 g/mol. The van der Waals surface area contributed by atoms with E-state index in [4.69, 9.17) is 0 Å². The number of aryl methyl sites for hydroxylation is 1. The van der Waals surface area contributed by atoms with Gasteiger partial charge in [-0.15, -0.1) is 11.3 Å². The zero-order chi connectivity index (χ0) is 10.2. The SMILES string of the molecule is Cc1cc(C2(C(=O)O)CCCC2)cs1. The van der Waals surface area contributed by atoms with Crippen LogP contribution in [-0.2, 0) is 10.2 Å². The van der Waals surface area contributed by atoms with Gasteiger partial charge < -0.3 is 5.11 Å². The van der Waals surface area contributed by atoms with E-state index in [9.17, 15) is 9.90 Å². The van der Waals surface area contributed by atoms with Crippen molar-refractivity contribution in [3.63, 3.8) is 0 Å². The highest BCUT2D eigenvalue weighted by atomic mass is 32.1. The van der Waals surface area contributed by atoms with Crippen LogP contribution in [0.5, 0.6) is 0 Å². The van der Waals surface area contributed by atoms with Crippen molar-refractivity contribution in [2.24, 2.45) is 0 Å². The van der Waals surface area contributed by atoms with Crippen LogP contribution in [0, 0.1) is 6.92 Å². The molecular formula is C11H14O2S. The summed E-state index contributed by atoms with van der Waals surface area (Å²) in [5.74, 6) is -0.646. The summed E-state index contributed by atoms with van der Waals surface area (Å²) >= 11 is 1.64. The van der Waals surface area contributed by atoms with Crippen LogP contribution in [0.25, 0.3) is 0 Å². The zero-order valence-corrected chi connectivity index (χ0v) is 9.06. The van der Waals surface area contributed by atoms with Gasteiger partial charge in [0.2, 0.25) is 0 Å². The molecule has 1 aromatic rings. The van der Waals surface area contributed by atoms with Gasteiger partial charge in [0.25, 0.3) is 0 Å². The second-order valence-electron chi connectivity index (χ2n) is 4.04. The molecule has 0 amide bonds. The summed E-state index contributed by atoms with van der Waals surface area (Å²) in [7, 11) is 0. The molecule has 0 atom stereocenters. The molecule has 0 aliphatic heterocycles. The maximum Gasteiger partial charge on any atom is 0.314 e. The maximum absolute atomic E-state index is 11.3. The van der Waals surface area contributed by atoms with E-state index in [1.807, 2.05) is 18.4 Å². The Labute approximate surface area is 87.6 Å². The van der Waals surface area contributed by atoms with Crippen LogP contribution < -0.4 is 0 Å². The fourth-order valence-corrected chi connectivity index (χ4v) is 3.10. The molecule has 14 heavy (non-hydrogen) atoms. The van der Waals surface area contributed by atoms with Crippen molar-refractivity contribution in [1.82, 2.24) is 0 Å². The highest BCUT2D eigenvalue weighted by Gasteiger charge is 2.43. The van der Waals surface area contributed by atoms with Crippen molar-refractivity contribution in [2.75, 3.05) is 0 Å². The zero-order valence-electron chi connectivity index (χ0n) is 8.25. The van der Waals surface area contributed by atoms with E-state index < -0.39 is 11.4 Å². The minimum atomic E-state index is -0.646. The summed E-state index contributed by atoms with van der Waals surface area (Å²) in [6, 6.07) is 2.03. The number of aliphatic carboxylic acids is 1. The summed E-state index contributed by atoms with van der Waals surface area (Å²) in [6.45, 7) is 2.03. The van der Waals surface area contributed by atoms with Crippen LogP contribution in [0.4, 0.5) is 0 Å². The van der Waals surface area contributed by atoms with E-state index >= 15 is 0 Å². The Morgan fingerprint density at radius 2 is 2.14 bits per heavy atom. The average Bonchev–Trinajstić information content (AvgIpc) is 2.71. The number of carboxylic acids is 1. The molecule has 1 N–H and O–H groups in total. The normalized spacial score (nSPS) is 19.8. The number of hydrogen-bond donors (Lipinski definition) is 1. The van der Waals surface area contributed by atoms with Gasteiger partial charge in [0.15, 0.2) is 0 Å². The summed E-state index contributed by atoms with van der Waals surface area (Å²) < 4.78 is 0. The van der Waals surface area contributed by atoms with Crippen LogP contribution >= 0.6 is 11.3 Å². The van der Waals surface area contributed by atoms with Gasteiger partial charge in [0.1, 0.15) is 0 Å². The molecule has 2 nitrogen and oxygen atoms in total. The standard InChI is InChI=1S/C11H14O2S/c1-8-6-9(7-14-8)11(10(12)13)4-2-3-5-11/h6-7H,2-5H2,1H3,(H,12,13). The van der Waals surface area contributed by atoms with Crippen LogP contribution in [0.15, 0.2) is 11.4 Å². The molecule has 0 radical (unpaired) electrons. The van der Waals surface area contributed by atoms with E-state index in [1.54, 1.807) is 11.3 Å². The Bertz CT molecular complexity index is 348. The molecule has 0 aromatic carbocycles. The third-order valence-corrected chi connectivity index (χ3v) is 4.01. The van der Waals surface area contributed by atoms with E-state index in [2.05, 4.69) is 0 Å². The minimum absolute atomic E-state index is 0.565. The van der Waals surface area contributed by atoms with Crippen molar-refractivity contribution in [3.8, 4) is 0 Å². The highest BCUT2D eigenvalue weighted by molar-refractivity contribution is 7.10. The summed E-state index contributed by atoms with van der Waals surface area (Å²) in [6.07, 6.45) is 3.69. The fourth-order valence-electron chi connectivity index (χ4n) is 2.30. The Hall–Kier alpha value is -0.830. The molecule has 1 aliphatic rings. The first-order valence-electron chi connectivity index (χ1n) is 4.94. The van der Waals surface area contributed by atoms with Gasteiger partial charge in [-0.05, 0) is 36.8 Å². The predicted octanol–water partition coefficient (Wildman–Crippen LogP) is 2.95. The first-order chi connectivity index (χ1) is 6.65. The van der Waals surface area contributed by atoms with Crippen molar-refractivity contribution in [1.29, 1.82) is 0 Å². The smallest absolute Gasteiger partial charge is 0.314 e. The van der Waals surface area contributed by atoms with Gasteiger partial charge in [-0.2, -0.15) is 0 Å². The lowest BCUT2D eigenvalue weighted by atomic mass is 9.80. The van der Waals surface area contributed by atoms with Crippen LogP contribution in [0.1, 0.15) is 36.1 Å². The largest absolute Gasteiger partial charge is 0.481 e. The average molecular weight is 210 g/mol. The van der Waals surface area contributed by atoms with Gasteiger partial charge in [0, 0.05) is 4.88 Å². The fraction of sp³-hybridized carbons (Fsp3) is 0.545. The molecule has 1 aromatic heterocycles. The van der Waals surface area contributed by atoms with Gasteiger partial charge in [0.05, 0.1) is 5.41 Å². The minimum Gasteiger partial charge on any atom is -0.481 e. The summed E-state index contributed by atoms with van der Waals surface area (Å²) in [5, 5.41) is 11.3.